The van der Waals surface area contributed by atoms with Crippen LogP contribution in [0.25, 0.3) is 4.83 Å². The van der Waals surface area contributed by atoms with Crippen LogP contribution in [0.4, 0.5) is 0 Å². The summed E-state index contributed by atoms with van der Waals surface area (Å²) in [5.74, 6) is 0. The van der Waals surface area contributed by atoms with E-state index in [0.29, 0.717) is 0 Å². The van der Waals surface area contributed by atoms with Crippen molar-refractivity contribution in [2.45, 2.75) is 6.92 Å². The molecule has 2 aromatic rings. The first-order chi connectivity index (χ1) is 4.36. The molecule has 0 N–H and O–H groups in total. The smallest absolute Gasteiger partial charge is 0.119 e. The van der Waals surface area contributed by atoms with Crippen molar-refractivity contribution in [3.05, 3.63) is 23.3 Å². The van der Waals surface area contributed by atoms with E-state index in [1.54, 1.807) is 11.3 Å². The van der Waals surface area contributed by atoms with Gasteiger partial charge in [-0.2, -0.15) is 5.10 Å². The van der Waals surface area contributed by atoms with Crippen molar-refractivity contribution in [3.63, 3.8) is 0 Å². The first-order valence-corrected chi connectivity index (χ1v) is 3.58. The summed E-state index contributed by atoms with van der Waals surface area (Å²) in [5.41, 5.74) is 0. The zero-order chi connectivity index (χ0) is 6.27. The second-order valence-electron chi connectivity index (χ2n) is 1.96. The molecule has 3 heteroatoms. The van der Waals surface area contributed by atoms with E-state index < -0.39 is 0 Å². The Hall–Kier alpha value is -0.830. The van der Waals surface area contributed by atoms with E-state index in [4.69, 9.17) is 0 Å². The fraction of sp³-hybridized carbons (Fsp3) is 0.167. The van der Waals surface area contributed by atoms with E-state index in [1.165, 1.54) is 9.71 Å². The molecule has 0 radical (unpaired) electrons. The van der Waals surface area contributed by atoms with E-state index in [2.05, 4.69) is 12.0 Å². The van der Waals surface area contributed by atoms with E-state index in [9.17, 15) is 0 Å². The van der Waals surface area contributed by atoms with Gasteiger partial charge in [-0.15, -0.1) is 11.3 Å². The third kappa shape index (κ3) is 0.650. The highest BCUT2D eigenvalue weighted by Crippen LogP contribution is 2.14. The zero-order valence-corrected chi connectivity index (χ0v) is 5.85. The maximum Gasteiger partial charge on any atom is 0.119 e. The molecule has 0 unspecified atom stereocenters. The molecule has 0 saturated heterocycles. The highest BCUT2D eigenvalue weighted by molar-refractivity contribution is 7.17. The molecule has 2 nitrogen and oxygen atoms in total. The Bertz CT molecular complexity index is 292. The van der Waals surface area contributed by atoms with Crippen LogP contribution in [-0.4, -0.2) is 9.61 Å². The summed E-state index contributed by atoms with van der Waals surface area (Å²) in [6.07, 6.45) is 3.84. The number of thiazole rings is 1. The molecule has 0 saturated carbocycles. The predicted octanol–water partition coefficient (Wildman–Crippen LogP) is 1.70. The standard InChI is InChI=1S/C6H6N2S/c1-5-4-8-6(9-5)2-3-7-8/h2-4H,1H3. The lowest BCUT2D eigenvalue weighted by Crippen LogP contribution is -1.75. The van der Waals surface area contributed by atoms with Gasteiger partial charge in [0.25, 0.3) is 0 Å². The molecule has 0 bridgehead atoms. The van der Waals surface area contributed by atoms with E-state index >= 15 is 0 Å². The highest BCUT2D eigenvalue weighted by Gasteiger charge is 1.94. The number of hydrogen-bond acceptors (Lipinski definition) is 2. The second kappa shape index (κ2) is 1.57. The largest absolute Gasteiger partial charge is 0.230 e. The Balaban J connectivity index is 2.92. The van der Waals surface area contributed by atoms with Crippen molar-refractivity contribution in [3.8, 4) is 0 Å². The minimum absolute atomic E-state index is 1.22. The summed E-state index contributed by atoms with van der Waals surface area (Å²) in [6, 6.07) is 2.01. The van der Waals surface area contributed by atoms with Crippen LogP contribution in [0.2, 0.25) is 0 Å². The fourth-order valence-electron chi connectivity index (χ4n) is 0.843. The Labute approximate surface area is 56.7 Å². The van der Waals surface area contributed by atoms with Crippen LogP contribution in [0.3, 0.4) is 0 Å². The molecule has 0 spiro atoms. The van der Waals surface area contributed by atoms with E-state index in [0.717, 1.165) is 0 Å². The average Bonchev–Trinajstić information content (AvgIpc) is 2.22. The van der Waals surface area contributed by atoms with Crippen LogP contribution >= 0.6 is 11.3 Å². The fourth-order valence-corrected chi connectivity index (χ4v) is 1.65. The van der Waals surface area contributed by atoms with Gasteiger partial charge in [0.2, 0.25) is 0 Å². The zero-order valence-electron chi connectivity index (χ0n) is 5.03. The van der Waals surface area contributed by atoms with Gasteiger partial charge in [0, 0.05) is 11.1 Å². The summed E-state index contributed by atoms with van der Waals surface area (Å²) < 4.78 is 1.89. The summed E-state index contributed by atoms with van der Waals surface area (Å²) >= 11 is 1.76. The van der Waals surface area contributed by atoms with Crippen LogP contribution < -0.4 is 0 Å². The predicted molar refractivity (Wildman–Crippen MR) is 37.8 cm³/mol. The van der Waals surface area contributed by atoms with Gasteiger partial charge >= 0.3 is 0 Å². The number of nitrogens with zero attached hydrogens (tertiary/aromatic N) is 2. The monoisotopic (exact) mass is 138 g/mol. The van der Waals surface area contributed by atoms with Gasteiger partial charge in [0.05, 0.1) is 6.20 Å². The van der Waals surface area contributed by atoms with Gasteiger partial charge in [0.15, 0.2) is 0 Å². The lowest BCUT2D eigenvalue weighted by Gasteiger charge is -1.73. The van der Waals surface area contributed by atoms with Crippen molar-refractivity contribution >= 4 is 16.2 Å². The number of aryl methyl sites for hydroxylation is 1. The van der Waals surface area contributed by atoms with Gasteiger partial charge in [-0.1, -0.05) is 0 Å². The van der Waals surface area contributed by atoms with Crippen LogP contribution in [0.1, 0.15) is 4.88 Å². The van der Waals surface area contributed by atoms with Crippen molar-refractivity contribution in [2.75, 3.05) is 0 Å². The molecule has 0 aliphatic carbocycles. The van der Waals surface area contributed by atoms with Gasteiger partial charge in [-0.05, 0) is 13.0 Å². The summed E-state index contributed by atoms with van der Waals surface area (Å²) in [5, 5.41) is 4.07. The summed E-state index contributed by atoms with van der Waals surface area (Å²) in [6.45, 7) is 2.08. The van der Waals surface area contributed by atoms with Crippen LogP contribution in [0, 0.1) is 6.92 Å². The Morgan fingerprint density at radius 2 is 2.56 bits per heavy atom. The van der Waals surface area contributed by atoms with Gasteiger partial charge in [0.1, 0.15) is 4.83 Å². The lowest BCUT2D eigenvalue weighted by molar-refractivity contribution is 0.972. The molecule has 0 aliphatic heterocycles. The molecule has 0 aromatic carbocycles. The number of rotatable bonds is 0. The Morgan fingerprint density at radius 3 is 3.33 bits per heavy atom. The minimum Gasteiger partial charge on any atom is -0.230 e. The number of fused-ring (bicyclic) bond motifs is 1. The quantitative estimate of drug-likeness (QED) is 0.541. The Kier molecular flexibility index (Phi) is 0.873. The topological polar surface area (TPSA) is 17.3 Å². The van der Waals surface area contributed by atoms with Crippen LogP contribution in [0.5, 0.6) is 0 Å². The van der Waals surface area contributed by atoms with Gasteiger partial charge in [-0.3, -0.25) is 0 Å². The van der Waals surface area contributed by atoms with Gasteiger partial charge in [-0.25, -0.2) is 4.52 Å². The number of aromatic nitrogens is 2. The Morgan fingerprint density at radius 1 is 1.67 bits per heavy atom. The normalized spacial score (nSPS) is 10.8. The number of hydrogen-bond donors (Lipinski definition) is 0. The maximum atomic E-state index is 4.07. The molecule has 0 amide bonds. The molecule has 0 atom stereocenters. The molecule has 2 aromatic heterocycles. The summed E-state index contributed by atoms with van der Waals surface area (Å²) in [4.78, 5) is 2.52. The summed E-state index contributed by atoms with van der Waals surface area (Å²) in [7, 11) is 0. The average molecular weight is 138 g/mol. The second-order valence-corrected chi connectivity index (χ2v) is 3.22. The third-order valence-corrected chi connectivity index (χ3v) is 2.16. The lowest BCUT2D eigenvalue weighted by atomic mass is 10.6. The molecule has 46 valence electrons. The first-order valence-electron chi connectivity index (χ1n) is 2.76. The minimum atomic E-state index is 1.22. The van der Waals surface area contributed by atoms with Crippen molar-refractivity contribution in [1.82, 2.24) is 9.61 Å². The van der Waals surface area contributed by atoms with Crippen molar-refractivity contribution in [2.24, 2.45) is 0 Å². The third-order valence-electron chi connectivity index (χ3n) is 1.20. The van der Waals surface area contributed by atoms with Gasteiger partial charge < -0.3 is 0 Å². The highest BCUT2D eigenvalue weighted by atomic mass is 32.1. The van der Waals surface area contributed by atoms with Crippen molar-refractivity contribution < 1.29 is 0 Å². The molecule has 2 heterocycles. The molecule has 0 fully saturated rings. The molecule has 0 aliphatic rings. The molecule has 2 rings (SSSR count). The maximum absolute atomic E-state index is 4.07. The SMILES string of the molecule is Cc1cn2nccc2s1. The molecular formula is C6H6N2S. The molecular weight excluding hydrogens is 132 g/mol. The van der Waals surface area contributed by atoms with E-state index in [1.807, 2.05) is 23.0 Å². The molecule has 9 heavy (non-hydrogen) atoms. The van der Waals surface area contributed by atoms with Crippen LogP contribution in [0.15, 0.2) is 18.5 Å². The van der Waals surface area contributed by atoms with Crippen LogP contribution in [-0.2, 0) is 0 Å². The first kappa shape index (κ1) is 4.99. The van der Waals surface area contributed by atoms with Crippen molar-refractivity contribution in [1.29, 1.82) is 0 Å². The van der Waals surface area contributed by atoms with E-state index in [-0.39, 0.29) is 0 Å².